The molecule has 2 rings (SSSR count). The van der Waals surface area contributed by atoms with Crippen LogP contribution in [0.1, 0.15) is 18.4 Å². The van der Waals surface area contributed by atoms with Crippen molar-refractivity contribution < 1.29 is 0 Å². The van der Waals surface area contributed by atoms with E-state index in [2.05, 4.69) is 16.4 Å². The molecule has 12 heavy (non-hydrogen) atoms. The highest BCUT2D eigenvalue weighted by atomic mass is 14.8. The summed E-state index contributed by atoms with van der Waals surface area (Å²) in [6.07, 6.45) is 6.43. The van der Waals surface area contributed by atoms with E-state index in [4.69, 9.17) is 0 Å². The highest BCUT2D eigenvalue weighted by Crippen LogP contribution is 2.47. The van der Waals surface area contributed by atoms with Crippen molar-refractivity contribution in [3.63, 3.8) is 0 Å². The lowest BCUT2D eigenvalue weighted by Crippen LogP contribution is -2.23. The summed E-state index contributed by atoms with van der Waals surface area (Å²) in [5, 5.41) is 3.24. The Balaban J connectivity index is 2.19. The summed E-state index contributed by atoms with van der Waals surface area (Å²) >= 11 is 0. The van der Waals surface area contributed by atoms with E-state index in [1.807, 2.05) is 25.5 Å². The molecule has 0 unspecified atom stereocenters. The topological polar surface area (TPSA) is 24.9 Å². The molecule has 1 saturated carbocycles. The van der Waals surface area contributed by atoms with Crippen LogP contribution in [0.25, 0.3) is 0 Å². The lowest BCUT2D eigenvalue weighted by atomic mass is 9.98. The van der Waals surface area contributed by atoms with Crippen LogP contribution in [0.4, 0.5) is 0 Å². The maximum absolute atomic E-state index is 4.15. The molecule has 0 amide bonds. The summed E-state index contributed by atoms with van der Waals surface area (Å²) < 4.78 is 0. The van der Waals surface area contributed by atoms with Crippen LogP contribution >= 0.6 is 0 Å². The monoisotopic (exact) mass is 162 g/mol. The molecular formula is C10H14N2. The van der Waals surface area contributed by atoms with Gasteiger partial charge in [0.05, 0.1) is 0 Å². The Morgan fingerprint density at radius 3 is 2.92 bits per heavy atom. The van der Waals surface area contributed by atoms with Gasteiger partial charge in [-0.15, -0.1) is 0 Å². The van der Waals surface area contributed by atoms with E-state index >= 15 is 0 Å². The zero-order valence-electron chi connectivity index (χ0n) is 7.38. The van der Waals surface area contributed by atoms with Gasteiger partial charge in [0, 0.05) is 24.4 Å². The van der Waals surface area contributed by atoms with Gasteiger partial charge in [0.25, 0.3) is 0 Å². The van der Waals surface area contributed by atoms with Crippen LogP contribution < -0.4 is 5.32 Å². The molecule has 0 aromatic carbocycles. The van der Waals surface area contributed by atoms with E-state index in [0.29, 0.717) is 5.41 Å². The molecule has 0 atom stereocenters. The zero-order valence-corrected chi connectivity index (χ0v) is 7.38. The Morgan fingerprint density at radius 2 is 2.42 bits per heavy atom. The molecule has 0 aliphatic heterocycles. The van der Waals surface area contributed by atoms with Gasteiger partial charge in [-0.1, -0.05) is 6.07 Å². The van der Waals surface area contributed by atoms with E-state index in [9.17, 15) is 0 Å². The van der Waals surface area contributed by atoms with Crippen molar-refractivity contribution in [1.82, 2.24) is 10.3 Å². The van der Waals surface area contributed by atoms with Crippen molar-refractivity contribution in [2.75, 3.05) is 13.6 Å². The molecule has 1 aromatic heterocycles. The molecule has 0 bridgehead atoms. The lowest BCUT2D eigenvalue weighted by molar-refractivity contribution is 0.622. The fourth-order valence-corrected chi connectivity index (χ4v) is 1.73. The van der Waals surface area contributed by atoms with Crippen molar-refractivity contribution in [3.05, 3.63) is 30.1 Å². The molecule has 1 aliphatic carbocycles. The number of pyridine rings is 1. The maximum atomic E-state index is 4.15. The Bertz CT molecular complexity index is 252. The molecule has 1 aliphatic rings. The molecule has 2 nitrogen and oxygen atoms in total. The first-order valence-corrected chi connectivity index (χ1v) is 4.42. The number of aromatic nitrogens is 1. The summed E-state index contributed by atoms with van der Waals surface area (Å²) in [7, 11) is 2.01. The first kappa shape index (κ1) is 7.74. The van der Waals surface area contributed by atoms with Crippen LogP contribution in [0.15, 0.2) is 24.5 Å². The second kappa shape index (κ2) is 2.87. The zero-order chi connectivity index (χ0) is 8.44. The third-order valence-electron chi connectivity index (χ3n) is 2.64. The third kappa shape index (κ3) is 1.23. The minimum Gasteiger partial charge on any atom is -0.319 e. The van der Waals surface area contributed by atoms with Gasteiger partial charge in [-0.2, -0.15) is 0 Å². The number of rotatable bonds is 3. The standard InChI is InChI=1S/C10H14N2/c1-11-8-10(4-5-10)9-3-2-6-12-7-9/h2-3,6-7,11H,4-5,8H2,1H3. The van der Waals surface area contributed by atoms with E-state index in [0.717, 1.165) is 6.54 Å². The van der Waals surface area contributed by atoms with Crippen molar-refractivity contribution in [1.29, 1.82) is 0 Å². The Kier molecular flexibility index (Phi) is 1.85. The molecule has 0 spiro atoms. The third-order valence-corrected chi connectivity index (χ3v) is 2.64. The Labute approximate surface area is 73.0 Å². The normalized spacial score (nSPS) is 19.1. The number of nitrogens with one attached hydrogen (secondary N) is 1. The van der Waals surface area contributed by atoms with E-state index in [1.165, 1.54) is 18.4 Å². The lowest BCUT2D eigenvalue weighted by Gasteiger charge is -2.13. The average molecular weight is 162 g/mol. The van der Waals surface area contributed by atoms with E-state index in [-0.39, 0.29) is 0 Å². The fraction of sp³-hybridized carbons (Fsp3) is 0.500. The van der Waals surface area contributed by atoms with Crippen molar-refractivity contribution in [2.24, 2.45) is 0 Å². The highest BCUT2D eigenvalue weighted by molar-refractivity contribution is 5.28. The molecule has 1 fully saturated rings. The number of nitrogens with zero attached hydrogens (tertiary/aromatic N) is 1. The molecule has 2 heteroatoms. The van der Waals surface area contributed by atoms with Gasteiger partial charge in [-0.25, -0.2) is 0 Å². The average Bonchev–Trinajstić information content (AvgIpc) is 2.88. The molecule has 1 aromatic rings. The van der Waals surface area contributed by atoms with Crippen molar-refractivity contribution in [3.8, 4) is 0 Å². The number of hydrogen-bond donors (Lipinski definition) is 1. The van der Waals surface area contributed by atoms with Crippen LogP contribution in [0.3, 0.4) is 0 Å². The summed E-state index contributed by atoms with van der Waals surface area (Å²) in [4.78, 5) is 4.15. The first-order valence-electron chi connectivity index (χ1n) is 4.42. The fourth-order valence-electron chi connectivity index (χ4n) is 1.73. The van der Waals surface area contributed by atoms with Gasteiger partial charge in [0.15, 0.2) is 0 Å². The van der Waals surface area contributed by atoms with Gasteiger partial charge >= 0.3 is 0 Å². The SMILES string of the molecule is CNCC1(c2cccnc2)CC1. The van der Waals surface area contributed by atoms with Crippen LogP contribution in [-0.2, 0) is 5.41 Å². The van der Waals surface area contributed by atoms with Gasteiger partial charge in [0.2, 0.25) is 0 Å². The highest BCUT2D eigenvalue weighted by Gasteiger charge is 2.43. The van der Waals surface area contributed by atoms with Crippen LogP contribution in [-0.4, -0.2) is 18.6 Å². The van der Waals surface area contributed by atoms with Crippen LogP contribution in [0.5, 0.6) is 0 Å². The molecule has 1 N–H and O–H groups in total. The van der Waals surface area contributed by atoms with Gasteiger partial charge in [-0.05, 0) is 31.5 Å². The molecule has 0 saturated heterocycles. The van der Waals surface area contributed by atoms with Gasteiger partial charge in [0.1, 0.15) is 0 Å². The van der Waals surface area contributed by atoms with Crippen LogP contribution in [0, 0.1) is 0 Å². The largest absolute Gasteiger partial charge is 0.319 e. The predicted octanol–water partition coefficient (Wildman–Crippen LogP) is 1.33. The van der Waals surface area contributed by atoms with E-state index in [1.54, 1.807) is 0 Å². The maximum Gasteiger partial charge on any atom is 0.0306 e. The van der Waals surface area contributed by atoms with E-state index < -0.39 is 0 Å². The van der Waals surface area contributed by atoms with Gasteiger partial charge < -0.3 is 5.32 Å². The smallest absolute Gasteiger partial charge is 0.0306 e. The second-order valence-corrected chi connectivity index (χ2v) is 3.55. The number of likely N-dealkylation sites (N-methyl/N-ethyl adjacent to an activating group) is 1. The minimum atomic E-state index is 0.420. The van der Waals surface area contributed by atoms with Crippen LogP contribution in [0.2, 0.25) is 0 Å². The quantitative estimate of drug-likeness (QED) is 0.725. The van der Waals surface area contributed by atoms with Gasteiger partial charge in [-0.3, -0.25) is 4.98 Å². The van der Waals surface area contributed by atoms with Crippen molar-refractivity contribution in [2.45, 2.75) is 18.3 Å². The Hall–Kier alpha value is -0.890. The molecule has 64 valence electrons. The van der Waals surface area contributed by atoms with Crippen molar-refractivity contribution >= 4 is 0 Å². The second-order valence-electron chi connectivity index (χ2n) is 3.55. The summed E-state index contributed by atoms with van der Waals surface area (Å²) in [6, 6.07) is 4.20. The number of hydrogen-bond acceptors (Lipinski definition) is 2. The summed E-state index contributed by atoms with van der Waals surface area (Å²) in [5.41, 5.74) is 1.81. The molecular weight excluding hydrogens is 148 g/mol. The molecule has 0 radical (unpaired) electrons. The summed E-state index contributed by atoms with van der Waals surface area (Å²) in [6.45, 7) is 1.08. The first-order chi connectivity index (χ1) is 5.87. The Morgan fingerprint density at radius 1 is 1.58 bits per heavy atom. The minimum absolute atomic E-state index is 0.420. The predicted molar refractivity (Wildman–Crippen MR) is 49.1 cm³/mol. The molecule has 1 heterocycles. The summed E-state index contributed by atoms with van der Waals surface area (Å²) in [5.74, 6) is 0.